The van der Waals surface area contributed by atoms with Crippen LogP contribution in [0.5, 0.6) is 0 Å². The van der Waals surface area contributed by atoms with Crippen molar-refractivity contribution in [3.05, 3.63) is 70.8 Å². The zero-order valence-electron chi connectivity index (χ0n) is 23.6. The summed E-state index contributed by atoms with van der Waals surface area (Å²) in [4.78, 5) is 44.7. The van der Waals surface area contributed by atoms with E-state index in [1.54, 1.807) is 12.1 Å². The number of rotatable bonds is 9. The number of esters is 1. The van der Waals surface area contributed by atoms with Crippen LogP contribution in [0.4, 0.5) is 13.2 Å². The summed E-state index contributed by atoms with van der Waals surface area (Å²) >= 11 is 0. The summed E-state index contributed by atoms with van der Waals surface area (Å²) in [6, 6.07) is 11.3. The molecule has 1 spiro atoms. The molecule has 4 rings (SSSR count). The van der Waals surface area contributed by atoms with Gasteiger partial charge in [0.05, 0.1) is 25.1 Å². The van der Waals surface area contributed by atoms with Crippen molar-refractivity contribution in [2.45, 2.75) is 76.7 Å². The predicted molar refractivity (Wildman–Crippen MR) is 148 cm³/mol. The average molecular weight is 572 g/mol. The van der Waals surface area contributed by atoms with Gasteiger partial charge < -0.3 is 15.0 Å². The highest BCUT2D eigenvalue weighted by Gasteiger charge is 2.51. The van der Waals surface area contributed by atoms with E-state index in [1.807, 2.05) is 24.0 Å². The van der Waals surface area contributed by atoms with Crippen molar-refractivity contribution in [3.63, 3.8) is 0 Å². The van der Waals surface area contributed by atoms with E-state index < -0.39 is 23.4 Å². The zero-order valence-corrected chi connectivity index (χ0v) is 23.6. The van der Waals surface area contributed by atoms with E-state index in [2.05, 4.69) is 17.0 Å². The summed E-state index contributed by atoms with van der Waals surface area (Å²) < 4.78 is 44.1. The van der Waals surface area contributed by atoms with Crippen LogP contribution >= 0.6 is 0 Å². The molecule has 41 heavy (non-hydrogen) atoms. The second-order valence-electron chi connectivity index (χ2n) is 10.7. The third kappa shape index (κ3) is 6.47. The maximum atomic E-state index is 14.0. The Kier molecular flexibility index (Phi) is 9.19. The lowest BCUT2D eigenvalue weighted by atomic mass is 9.79. The lowest BCUT2D eigenvalue weighted by molar-refractivity contribution is -0.140. The molecule has 0 aromatic heterocycles. The highest BCUT2D eigenvalue weighted by molar-refractivity contribution is 6.46. The Morgan fingerprint density at radius 1 is 1.07 bits per heavy atom. The molecule has 1 unspecified atom stereocenters. The van der Waals surface area contributed by atoms with E-state index in [4.69, 9.17) is 4.99 Å². The number of halogens is 3. The van der Waals surface area contributed by atoms with Crippen LogP contribution in [0.25, 0.3) is 0 Å². The molecule has 2 aliphatic rings. The molecule has 1 saturated carbocycles. The molecule has 7 nitrogen and oxygen atoms in total. The summed E-state index contributed by atoms with van der Waals surface area (Å²) in [6.45, 7) is 4.28. The van der Waals surface area contributed by atoms with Gasteiger partial charge in [0.25, 0.3) is 11.8 Å². The summed E-state index contributed by atoms with van der Waals surface area (Å²) in [7, 11) is 1.29. The highest BCUT2D eigenvalue weighted by atomic mass is 19.4. The van der Waals surface area contributed by atoms with Crippen LogP contribution in [0.15, 0.2) is 53.5 Å². The number of nitrogens with one attached hydrogen (secondary N) is 1. The van der Waals surface area contributed by atoms with Gasteiger partial charge in [0.2, 0.25) is 0 Å². The largest absolute Gasteiger partial charge is 0.469 e. The summed E-state index contributed by atoms with van der Waals surface area (Å²) in [5.74, 6) is -0.495. The first kappa shape index (κ1) is 30.3. The third-order valence-corrected chi connectivity index (χ3v) is 8.26. The van der Waals surface area contributed by atoms with Gasteiger partial charge in [-0.05, 0) is 67.9 Å². The van der Waals surface area contributed by atoms with Crippen molar-refractivity contribution >= 4 is 23.5 Å². The van der Waals surface area contributed by atoms with Gasteiger partial charge in [-0.3, -0.25) is 19.4 Å². The van der Waals surface area contributed by atoms with Crippen LogP contribution in [-0.4, -0.2) is 47.7 Å². The van der Waals surface area contributed by atoms with Crippen molar-refractivity contribution in [2.24, 2.45) is 10.9 Å². The fourth-order valence-electron chi connectivity index (χ4n) is 5.86. The third-order valence-electron chi connectivity index (χ3n) is 8.26. The van der Waals surface area contributed by atoms with E-state index in [9.17, 15) is 27.6 Å². The predicted octanol–water partition coefficient (Wildman–Crippen LogP) is 6.08. The average Bonchev–Trinajstić information content (AvgIpc) is 3.24. The Labute approximate surface area is 238 Å². The molecule has 220 valence electrons. The van der Waals surface area contributed by atoms with E-state index in [0.29, 0.717) is 36.3 Å². The summed E-state index contributed by atoms with van der Waals surface area (Å²) in [5.41, 5.74) is 0.271. The van der Waals surface area contributed by atoms with Gasteiger partial charge >= 0.3 is 12.1 Å². The number of carbonyl (C=O) groups excluding carboxylic acids is 3. The van der Waals surface area contributed by atoms with Crippen molar-refractivity contribution < 1.29 is 32.3 Å². The maximum Gasteiger partial charge on any atom is 0.416 e. The van der Waals surface area contributed by atoms with Crippen molar-refractivity contribution in [1.29, 1.82) is 0 Å². The maximum absolute atomic E-state index is 14.0. The van der Waals surface area contributed by atoms with Gasteiger partial charge in [-0.1, -0.05) is 44.5 Å². The second kappa shape index (κ2) is 12.4. The topological polar surface area (TPSA) is 88.1 Å². The molecule has 1 aliphatic heterocycles. The van der Waals surface area contributed by atoms with Crippen molar-refractivity contribution in [3.8, 4) is 0 Å². The van der Waals surface area contributed by atoms with Crippen LogP contribution in [0.2, 0.25) is 0 Å². The van der Waals surface area contributed by atoms with Crippen LogP contribution in [-0.2, 0) is 20.5 Å². The molecule has 10 heteroatoms. The van der Waals surface area contributed by atoms with Crippen LogP contribution in [0.1, 0.15) is 91.9 Å². The molecular weight excluding hydrogens is 535 g/mol. The first-order chi connectivity index (χ1) is 19.5. The monoisotopic (exact) mass is 571 g/mol. The molecular formula is C31H36F3N3O4. The molecule has 0 bridgehead atoms. The molecule has 1 heterocycles. The number of carbonyl (C=O) groups is 3. The molecule has 2 aromatic rings. The highest BCUT2D eigenvalue weighted by Crippen LogP contribution is 2.47. The first-order valence-corrected chi connectivity index (χ1v) is 14.1. The van der Waals surface area contributed by atoms with E-state index in [1.165, 1.54) is 19.2 Å². The summed E-state index contributed by atoms with van der Waals surface area (Å²) in [6.07, 6.45) is 0.402. The Bertz CT molecular complexity index is 1280. The van der Waals surface area contributed by atoms with Crippen LogP contribution in [0.3, 0.4) is 0 Å². The van der Waals surface area contributed by atoms with Gasteiger partial charge in [0.15, 0.2) is 0 Å². The minimum absolute atomic E-state index is 0.0670. The SMILES string of the molecule is CCC1CCC2(CC1)N=C(c1ccc(C(F)(F)F)cc1)C(=O)N2C(CC)c1ccc(C(=O)NCCC(=O)OC)cc1. The van der Waals surface area contributed by atoms with Gasteiger partial charge in [0.1, 0.15) is 11.4 Å². The number of hydrogen-bond acceptors (Lipinski definition) is 5. The van der Waals surface area contributed by atoms with Crippen LogP contribution < -0.4 is 5.32 Å². The minimum Gasteiger partial charge on any atom is -0.469 e. The van der Waals surface area contributed by atoms with Crippen LogP contribution in [0, 0.1) is 5.92 Å². The smallest absolute Gasteiger partial charge is 0.416 e. The Hall–Kier alpha value is -3.69. The van der Waals surface area contributed by atoms with Crippen molar-refractivity contribution in [1.82, 2.24) is 10.2 Å². The quantitative estimate of drug-likeness (QED) is 0.370. The molecule has 1 N–H and O–H groups in total. The van der Waals surface area contributed by atoms with E-state index in [-0.39, 0.29) is 36.5 Å². The number of alkyl halides is 3. The molecule has 1 aliphatic carbocycles. The number of hydrogen-bond donors (Lipinski definition) is 1. The molecule has 2 aromatic carbocycles. The zero-order chi connectivity index (χ0) is 29.8. The van der Waals surface area contributed by atoms with Gasteiger partial charge in [0, 0.05) is 17.7 Å². The Morgan fingerprint density at radius 3 is 2.24 bits per heavy atom. The standard InChI is InChI=1S/C31H36F3N3O4/c1-4-20-14-17-30(18-15-20)36-27(22-10-12-24(13-11-22)31(32,33)34)29(40)37(30)25(5-2)21-6-8-23(9-7-21)28(39)35-19-16-26(38)41-3/h6-13,20,25H,4-5,14-19H2,1-3H3,(H,35,39). The van der Waals surface area contributed by atoms with E-state index >= 15 is 0 Å². The normalized spacial score (nSPS) is 21.5. The first-order valence-electron chi connectivity index (χ1n) is 14.1. The van der Waals surface area contributed by atoms with E-state index in [0.717, 1.165) is 37.0 Å². The number of aliphatic imine (C=N–C) groups is 1. The minimum atomic E-state index is -4.47. The number of amides is 2. The Balaban J connectivity index is 1.61. The van der Waals surface area contributed by atoms with Crippen molar-refractivity contribution in [2.75, 3.05) is 13.7 Å². The number of ether oxygens (including phenoxy) is 1. The molecule has 0 radical (unpaired) electrons. The molecule has 1 atom stereocenters. The van der Waals surface area contributed by atoms with Gasteiger partial charge in [-0.25, -0.2) is 0 Å². The number of nitrogens with zero attached hydrogens (tertiary/aromatic N) is 2. The Morgan fingerprint density at radius 2 is 1.71 bits per heavy atom. The second-order valence-corrected chi connectivity index (χ2v) is 10.7. The molecule has 1 fully saturated rings. The molecule has 2 amide bonds. The molecule has 0 saturated heterocycles. The van der Waals surface area contributed by atoms with Gasteiger partial charge in [-0.2, -0.15) is 13.2 Å². The lowest BCUT2D eigenvalue weighted by Crippen LogP contribution is -2.50. The van der Waals surface area contributed by atoms with Gasteiger partial charge in [-0.15, -0.1) is 0 Å². The number of benzene rings is 2. The number of methoxy groups -OCH3 is 1. The lowest BCUT2D eigenvalue weighted by Gasteiger charge is -2.45. The fourth-order valence-corrected chi connectivity index (χ4v) is 5.86. The fraction of sp³-hybridized carbons (Fsp3) is 0.484. The summed E-state index contributed by atoms with van der Waals surface area (Å²) in [5, 5.41) is 2.69.